The Bertz CT molecular complexity index is 632. The van der Waals surface area contributed by atoms with Crippen LogP contribution in [0, 0.1) is 0 Å². The molecule has 0 radical (unpaired) electrons. The van der Waals surface area contributed by atoms with E-state index in [0.29, 0.717) is 5.92 Å². The molecule has 1 aliphatic carbocycles. The first-order chi connectivity index (χ1) is 9.16. The van der Waals surface area contributed by atoms with Crippen LogP contribution in [0.2, 0.25) is 0 Å². The van der Waals surface area contributed by atoms with Crippen molar-refractivity contribution < 1.29 is 9.53 Å². The first-order valence-electron chi connectivity index (χ1n) is 6.64. The van der Waals surface area contributed by atoms with Gasteiger partial charge in [-0.1, -0.05) is 36.4 Å². The molecule has 2 aromatic rings. The van der Waals surface area contributed by atoms with Crippen molar-refractivity contribution in [2.24, 2.45) is 5.73 Å². The number of nitrogens with two attached hydrogens (primary N) is 1. The highest BCUT2D eigenvalue weighted by atomic mass is 16.6. The van der Waals surface area contributed by atoms with Crippen molar-refractivity contribution in [1.29, 1.82) is 0 Å². The summed E-state index contributed by atoms with van der Waals surface area (Å²) < 4.78 is 5.10. The SMILES string of the molecule is CC(OC(N)=O)c1ccc(C2CC2)c2ccccc12. The van der Waals surface area contributed by atoms with Crippen LogP contribution >= 0.6 is 0 Å². The van der Waals surface area contributed by atoms with Gasteiger partial charge in [-0.05, 0) is 42.0 Å². The lowest BCUT2D eigenvalue weighted by molar-refractivity contribution is 0.117. The zero-order valence-corrected chi connectivity index (χ0v) is 10.9. The highest BCUT2D eigenvalue weighted by molar-refractivity contribution is 5.90. The van der Waals surface area contributed by atoms with Gasteiger partial charge in [0.05, 0.1) is 0 Å². The summed E-state index contributed by atoms with van der Waals surface area (Å²) in [6, 6.07) is 12.5. The summed E-state index contributed by atoms with van der Waals surface area (Å²) in [6.07, 6.45) is 1.49. The third-order valence-electron chi connectivity index (χ3n) is 3.74. The van der Waals surface area contributed by atoms with Gasteiger partial charge in [0.25, 0.3) is 0 Å². The molecular formula is C16H17NO2. The minimum absolute atomic E-state index is 0.323. The van der Waals surface area contributed by atoms with Gasteiger partial charge in [0.1, 0.15) is 6.10 Å². The molecule has 0 bridgehead atoms. The van der Waals surface area contributed by atoms with Crippen molar-refractivity contribution >= 4 is 16.9 Å². The van der Waals surface area contributed by atoms with Crippen LogP contribution in [-0.4, -0.2) is 6.09 Å². The highest BCUT2D eigenvalue weighted by Crippen LogP contribution is 2.44. The Morgan fingerprint density at radius 3 is 2.53 bits per heavy atom. The Morgan fingerprint density at radius 1 is 1.21 bits per heavy atom. The van der Waals surface area contributed by atoms with E-state index in [1.807, 2.05) is 13.0 Å². The van der Waals surface area contributed by atoms with E-state index >= 15 is 0 Å². The molecule has 0 saturated heterocycles. The second-order valence-electron chi connectivity index (χ2n) is 5.14. The van der Waals surface area contributed by atoms with Crippen LogP contribution in [0.15, 0.2) is 36.4 Å². The number of fused-ring (bicyclic) bond motifs is 1. The summed E-state index contributed by atoms with van der Waals surface area (Å²) in [4.78, 5) is 10.9. The first kappa shape index (κ1) is 12.0. The van der Waals surface area contributed by atoms with E-state index in [1.54, 1.807) is 0 Å². The van der Waals surface area contributed by atoms with Crippen LogP contribution in [0.1, 0.15) is 42.9 Å². The van der Waals surface area contributed by atoms with Crippen LogP contribution in [0.25, 0.3) is 10.8 Å². The maximum Gasteiger partial charge on any atom is 0.405 e. The number of carbonyl (C=O) groups is 1. The monoisotopic (exact) mass is 255 g/mol. The Balaban J connectivity index is 2.10. The van der Waals surface area contributed by atoms with E-state index in [0.717, 1.165) is 10.9 Å². The number of rotatable bonds is 3. The number of ether oxygens (including phenoxy) is 1. The molecule has 1 amide bonds. The maximum atomic E-state index is 10.9. The third kappa shape index (κ3) is 2.28. The minimum Gasteiger partial charge on any atom is -0.442 e. The zero-order chi connectivity index (χ0) is 13.4. The quantitative estimate of drug-likeness (QED) is 0.905. The van der Waals surface area contributed by atoms with Gasteiger partial charge in [-0.25, -0.2) is 4.79 Å². The summed E-state index contributed by atoms with van der Waals surface area (Å²) >= 11 is 0. The smallest absolute Gasteiger partial charge is 0.405 e. The lowest BCUT2D eigenvalue weighted by Gasteiger charge is -2.16. The molecule has 98 valence electrons. The molecule has 0 aromatic heterocycles. The first-order valence-corrected chi connectivity index (χ1v) is 6.64. The van der Waals surface area contributed by atoms with Crippen molar-refractivity contribution in [3.63, 3.8) is 0 Å². The Labute approximate surface area is 112 Å². The molecule has 1 aliphatic rings. The second-order valence-corrected chi connectivity index (χ2v) is 5.14. The fourth-order valence-electron chi connectivity index (χ4n) is 2.69. The van der Waals surface area contributed by atoms with Gasteiger partial charge < -0.3 is 10.5 Å². The Kier molecular flexibility index (Phi) is 2.90. The van der Waals surface area contributed by atoms with Crippen LogP contribution < -0.4 is 5.73 Å². The van der Waals surface area contributed by atoms with Crippen molar-refractivity contribution in [3.8, 4) is 0 Å². The fourth-order valence-corrected chi connectivity index (χ4v) is 2.69. The molecule has 19 heavy (non-hydrogen) atoms. The molecule has 0 heterocycles. The van der Waals surface area contributed by atoms with Gasteiger partial charge in [-0.15, -0.1) is 0 Å². The van der Waals surface area contributed by atoms with Crippen molar-refractivity contribution in [3.05, 3.63) is 47.5 Å². The zero-order valence-electron chi connectivity index (χ0n) is 10.9. The molecular weight excluding hydrogens is 238 g/mol. The summed E-state index contributed by atoms with van der Waals surface area (Å²) in [5.74, 6) is 0.700. The Hall–Kier alpha value is -2.03. The van der Waals surface area contributed by atoms with E-state index in [-0.39, 0.29) is 6.10 Å². The summed E-state index contributed by atoms with van der Waals surface area (Å²) in [5.41, 5.74) is 7.52. The fraction of sp³-hybridized carbons (Fsp3) is 0.312. The average Bonchev–Trinajstić information content (AvgIpc) is 3.20. The normalized spacial score (nSPS) is 16.3. The van der Waals surface area contributed by atoms with Gasteiger partial charge in [0, 0.05) is 5.56 Å². The second kappa shape index (κ2) is 4.57. The molecule has 0 aliphatic heterocycles. The number of hydrogen-bond acceptors (Lipinski definition) is 2. The van der Waals surface area contributed by atoms with Crippen LogP contribution in [0.4, 0.5) is 4.79 Å². The predicted molar refractivity (Wildman–Crippen MR) is 75.0 cm³/mol. The molecule has 3 heteroatoms. The van der Waals surface area contributed by atoms with Gasteiger partial charge in [-0.2, -0.15) is 0 Å². The van der Waals surface area contributed by atoms with E-state index in [1.165, 1.54) is 23.8 Å². The molecule has 3 nitrogen and oxygen atoms in total. The number of primary amides is 1. The number of benzene rings is 2. The van der Waals surface area contributed by atoms with Crippen molar-refractivity contribution in [1.82, 2.24) is 0 Å². The van der Waals surface area contributed by atoms with Crippen LogP contribution in [-0.2, 0) is 4.74 Å². The maximum absolute atomic E-state index is 10.9. The lowest BCUT2D eigenvalue weighted by Crippen LogP contribution is -2.15. The molecule has 1 fully saturated rings. The number of hydrogen-bond donors (Lipinski definition) is 1. The summed E-state index contributed by atoms with van der Waals surface area (Å²) in [6.45, 7) is 1.85. The summed E-state index contributed by atoms with van der Waals surface area (Å²) in [7, 11) is 0. The highest BCUT2D eigenvalue weighted by Gasteiger charge is 2.26. The average molecular weight is 255 g/mol. The van der Waals surface area contributed by atoms with E-state index in [4.69, 9.17) is 10.5 Å². The molecule has 1 atom stereocenters. The predicted octanol–water partition coefficient (Wildman–Crippen LogP) is 3.87. The third-order valence-corrected chi connectivity index (χ3v) is 3.74. The van der Waals surface area contributed by atoms with Crippen LogP contribution in [0.3, 0.4) is 0 Å². The van der Waals surface area contributed by atoms with Gasteiger partial charge >= 0.3 is 6.09 Å². The van der Waals surface area contributed by atoms with Crippen LogP contribution in [0.5, 0.6) is 0 Å². The Morgan fingerprint density at radius 2 is 1.89 bits per heavy atom. The number of amides is 1. The van der Waals surface area contributed by atoms with Crippen molar-refractivity contribution in [2.75, 3.05) is 0 Å². The molecule has 3 rings (SSSR count). The van der Waals surface area contributed by atoms with Gasteiger partial charge in [0.15, 0.2) is 0 Å². The van der Waals surface area contributed by atoms with Gasteiger partial charge in [-0.3, -0.25) is 0 Å². The van der Waals surface area contributed by atoms with E-state index in [2.05, 4.69) is 30.3 Å². The van der Waals surface area contributed by atoms with E-state index < -0.39 is 6.09 Å². The lowest BCUT2D eigenvalue weighted by atomic mass is 9.95. The molecule has 2 aromatic carbocycles. The van der Waals surface area contributed by atoms with E-state index in [9.17, 15) is 4.79 Å². The summed E-state index contributed by atoms with van der Waals surface area (Å²) in [5, 5.41) is 2.42. The minimum atomic E-state index is -0.733. The molecule has 1 saturated carbocycles. The molecule has 1 unspecified atom stereocenters. The topological polar surface area (TPSA) is 52.3 Å². The number of carbonyl (C=O) groups excluding carboxylic acids is 1. The molecule has 2 N–H and O–H groups in total. The van der Waals surface area contributed by atoms with Gasteiger partial charge in [0.2, 0.25) is 0 Å². The largest absolute Gasteiger partial charge is 0.442 e. The molecule has 0 spiro atoms. The standard InChI is InChI=1S/C16H17NO2/c1-10(19-16(17)18)12-8-9-13(11-6-7-11)15-5-3-2-4-14(12)15/h2-5,8-11H,6-7H2,1H3,(H2,17,18). The van der Waals surface area contributed by atoms with Crippen molar-refractivity contribution in [2.45, 2.75) is 31.8 Å².